The number of aliphatic hydroxyl groups is 1. The molecule has 2 aliphatic rings. The minimum absolute atomic E-state index is 0.0588. The maximum Gasteiger partial charge on any atom is 0.316 e. The fourth-order valence-corrected chi connectivity index (χ4v) is 3.24. The van der Waals surface area contributed by atoms with Crippen LogP contribution in [0.1, 0.15) is 24.3 Å². The van der Waals surface area contributed by atoms with Crippen molar-refractivity contribution in [1.82, 2.24) is 4.90 Å². The molecule has 4 nitrogen and oxygen atoms in total. The molecule has 2 unspecified atom stereocenters. The van der Waals surface area contributed by atoms with Gasteiger partial charge in [0, 0.05) is 24.9 Å². The van der Waals surface area contributed by atoms with Crippen LogP contribution in [0.4, 0.5) is 0 Å². The molecule has 2 heterocycles. The van der Waals surface area contributed by atoms with Gasteiger partial charge in [0.2, 0.25) is 0 Å². The van der Waals surface area contributed by atoms with Crippen LogP contribution in [0.2, 0.25) is 0 Å². The van der Waals surface area contributed by atoms with Gasteiger partial charge in [-0.2, -0.15) is 0 Å². The highest BCUT2D eigenvalue weighted by molar-refractivity contribution is 5.78. The van der Waals surface area contributed by atoms with Crippen molar-refractivity contribution in [2.24, 2.45) is 0 Å². The number of nitrogens with zero attached hydrogens (tertiary/aromatic N) is 1. The summed E-state index contributed by atoms with van der Waals surface area (Å²) in [5.74, 6) is -0.908. The number of fused-ring (bicyclic) bond motifs is 2. The zero-order valence-corrected chi connectivity index (χ0v) is 12.2. The lowest BCUT2D eigenvalue weighted by Gasteiger charge is -2.36. The molecular weight excluding hydrogens is 266 g/mol. The number of aliphatic hydroxyl groups excluding tert-OH is 1. The molecule has 0 spiro atoms. The van der Waals surface area contributed by atoms with E-state index in [9.17, 15) is 9.90 Å². The fraction of sp³-hybridized carbons (Fsp3) is 0.471. The summed E-state index contributed by atoms with van der Waals surface area (Å²) in [6, 6.07) is 10.1. The summed E-state index contributed by atoms with van der Waals surface area (Å²) in [4.78, 5) is 14.7. The maximum atomic E-state index is 12.3. The highest BCUT2D eigenvalue weighted by atomic mass is 16.5. The molecule has 0 saturated carbocycles. The number of esters is 1. The molecular formula is C17H21NO3. The number of ether oxygens (including phenoxy) is 1. The van der Waals surface area contributed by atoms with Gasteiger partial charge in [-0.1, -0.05) is 42.5 Å². The van der Waals surface area contributed by atoms with Gasteiger partial charge in [0.1, 0.15) is 12.0 Å². The second-order valence-corrected chi connectivity index (χ2v) is 5.86. The Labute approximate surface area is 125 Å². The SMILES string of the molecule is CN1C2C=CC1CC(OC(=O)[C@H](CO)c1ccccc1)C2. The number of carbonyl (C=O) groups excluding carboxylic acids is 1. The van der Waals surface area contributed by atoms with Crippen molar-refractivity contribution in [1.29, 1.82) is 0 Å². The largest absolute Gasteiger partial charge is 0.462 e. The molecule has 0 aliphatic carbocycles. The summed E-state index contributed by atoms with van der Waals surface area (Å²) >= 11 is 0. The Bertz CT molecular complexity index is 512. The first kappa shape index (κ1) is 14.3. The highest BCUT2D eigenvalue weighted by Gasteiger charge is 2.37. The Morgan fingerprint density at radius 3 is 2.48 bits per heavy atom. The van der Waals surface area contributed by atoms with Crippen molar-refractivity contribution in [3.8, 4) is 0 Å². The van der Waals surface area contributed by atoms with Crippen molar-refractivity contribution in [3.05, 3.63) is 48.0 Å². The quantitative estimate of drug-likeness (QED) is 0.676. The van der Waals surface area contributed by atoms with Crippen molar-refractivity contribution < 1.29 is 14.6 Å². The molecule has 3 rings (SSSR count). The normalized spacial score (nSPS) is 29.3. The lowest BCUT2D eigenvalue weighted by atomic mass is 9.98. The Morgan fingerprint density at radius 2 is 1.90 bits per heavy atom. The minimum atomic E-state index is -0.587. The third kappa shape index (κ3) is 2.87. The molecule has 112 valence electrons. The molecule has 2 aliphatic heterocycles. The third-order valence-corrected chi connectivity index (χ3v) is 4.56. The van der Waals surface area contributed by atoms with Gasteiger partial charge in [-0.05, 0) is 12.6 Å². The molecule has 1 saturated heterocycles. The van der Waals surface area contributed by atoms with Crippen LogP contribution in [0.5, 0.6) is 0 Å². The Morgan fingerprint density at radius 1 is 1.29 bits per heavy atom. The van der Waals surface area contributed by atoms with E-state index in [0.29, 0.717) is 12.1 Å². The minimum Gasteiger partial charge on any atom is -0.462 e. The lowest BCUT2D eigenvalue weighted by Crippen LogP contribution is -2.44. The second-order valence-electron chi connectivity index (χ2n) is 5.86. The van der Waals surface area contributed by atoms with Crippen molar-refractivity contribution in [2.75, 3.05) is 13.7 Å². The van der Waals surface area contributed by atoms with Crippen LogP contribution in [0.3, 0.4) is 0 Å². The van der Waals surface area contributed by atoms with Crippen LogP contribution in [-0.2, 0) is 9.53 Å². The molecule has 2 bridgehead atoms. The van der Waals surface area contributed by atoms with Crippen molar-refractivity contribution >= 4 is 5.97 Å². The van der Waals surface area contributed by atoms with Crippen LogP contribution >= 0.6 is 0 Å². The van der Waals surface area contributed by atoms with Crippen LogP contribution in [0, 0.1) is 0 Å². The molecule has 1 fully saturated rings. The van der Waals surface area contributed by atoms with Gasteiger partial charge in [0.05, 0.1) is 6.61 Å². The van der Waals surface area contributed by atoms with Gasteiger partial charge >= 0.3 is 5.97 Å². The van der Waals surface area contributed by atoms with Crippen LogP contribution in [-0.4, -0.2) is 47.8 Å². The number of piperidine rings is 1. The van der Waals surface area contributed by atoms with Crippen LogP contribution < -0.4 is 0 Å². The molecule has 0 amide bonds. The zero-order chi connectivity index (χ0) is 14.8. The number of rotatable bonds is 4. The highest BCUT2D eigenvalue weighted by Crippen LogP contribution is 2.31. The van der Waals surface area contributed by atoms with E-state index < -0.39 is 5.92 Å². The molecule has 1 aromatic rings. The monoisotopic (exact) mass is 287 g/mol. The predicted molar refractivity (Wildman–Crippen MR) is 79.9 cm³/mol. The molecule has 0 aromatic heterocycles. The predicted octanol–water partition coefficient (Wildman–Crippen LogP) is 1.71. The number of likely N-dealkylation sites (N-methyl/N-ethyl adjacent to an activating group) is 1. The number of carbonyl (C=O) groups is 1. The first-order valence-corrected chi connectivity index (χ1v) is 7.45. The number of benzene rings is 1. The molecule has 4 heteroatoms. The third-order valence-electron chi connectivity index (χ3n) is 4.56. The lowest BCUT2D eigenvalue weighted by molar-refractivity contribution is -0.155. The van der Waals surface area contributed by atoms with E-state index in [-0.39, 0.29) is 18.7 Å². The van der Waals surface area contributed by atoms with Crippen molar-refractivity contribution in [2.45, 2.75) is 36.9 Å². The summed E-state index contributed by atoms with van der Waals surface area (Å²) < 4.78 is 5.66. The van der Waals surface area contributed by atoms with Crippen molar-refractivity contribution in [3.63, 3.8) is 0 Å². The molecule has 3 atom stereocenters. The second kappa shape index (κ2) is 6.00. The van der Waals surface area contributed by atoms with E-state index in [0.717, 1.165) is 18.4 Å². The van der Waals surface area contributed by atoms with Gasteiger partial charge in [0.15, 0.2) is 0 Å². The average molecular weight is 287 g/mol. The van der Waals surface area contributed by atoms with Gasteiger partial charge in [0.25, 0.3) is 0 Å². The Balaban J connectivity index is 1.64. The van der Waals surface area contributed by atoms with Gasteiger partial charge in [-0.3, -0.25) is 9.69 Å². The smallest absolute Gasteiger partial charge is 0.316 e. The zero-order valence-electron chi connectivity index (χ0n) is 12.2. The molecule has 1 aromatic carbocycles. The number of hydrogen-bond acceptors (Lipinski definition) is 4. The first-order valence-electron chi connectivity index (χ1n) is 7.45. The van der Waals surface area contributed by atoms with Gasteiger partial charge < -0.3 is 9.84 Å². The summed E-state index contributed by atoms with van der Waals surface area (Å²) in [6.07, 6.45) is 6.00. The molecule has 1 N–H and O–H groups in total. The van der Waals surface area contributed by atoms with E-state index in [1.165, 1.54) is 0 Å². The number of hydrogen-bond donors (Lipinski definition) is 1. The van der Waals surface area contributed by atoms with E-state index in [4.69, 9.17) is 4.74 Å². The van der Waals surface area contributed by atoms with Gasteiger partial charge in [-0.25, -0.2) is 0 Å². The molecule has 21 heavy (non-hydrogen) atoms. The standard InChI is InChI=1S/C17H21NO3/c1-18-13-7-8-14(18)10-15(9-13)21-17(20)16(11-19)12-5-3-2-4-6-12/h2-8,13-16,19H,9-11H2,1H3/t13?,14?,15?,16-/m1/s1. The average Bonchev–Trinajstić information content (AvgIpc) is 2.72. The summed E-state index contributed by atoms with van der Waals surface area (Å²) in [5, 5.41) is 9.52. The Hall–Kier alpha value is -1.65. The van der Waals surface area contributed by atoms with Crippen LogP contribution in [0.15, 0.2) is 42.5 Å². The topological polar surface area (TPSA) is 49.8 Å². The first-order chi connectivity index (χ1) is 10.2. The fourth-order valence-electron chi connectivity index (χ4n) is 3.24. The Kier molecular flexibility index (Phi) is 4.08. The van der Waals surface area contributed by atoms with Gasteiger partial charge in [-0.15, -0.1) is 0 Å². The van der Waals surface area contributed by atoms with E-state index >= 15 is 0 Å². The summed E-state index contributed by atoms with van der Waals surface area (Å²) in [5.41, 5.74) is 0.805. The van der Waals surface area contributed by atoms with E-state index in [2.05, 4.69) is 24.1 Å². The maximum absolute atomic E-state index is 12.3. The van der Waals surface area contributed by atoms with E-state index in [1.807, 2.05) is 30.3 Å². The molecule has 0 radical (unpaired) electrons. The van der Waals surface area contributed by atoms with Crippen LogP contribution in [0.25, 0.3) is 0 Å². The van der Waals surface area contributed by atoms with E-state index in [1.54, 1.807) is 0 Å². The summed E-state index contributed by atoms with van der Waals surface area (Å²) in [6.45, 7) is -0.222. The summed E-state index contributed by atoms with van der Waals surface area (Å²) in [7, 11) is 2.11.